The lowest BCUT2D eigenvalue weighted by Gasteiger charge is -2.37. The van der Waals surface area contributed by atoms with Gasteiger partial charge in [-0.15, -0.1) is 0 Å². The molecule has 0 bridgehead atoms. The molecule has 0 aromatic heterocycles. The summed E-state index contributed by atoms with van der Waals surface area (Å²) in [4.78, 5) is 11.1. The summed E-state index contributed by atoms with van der Waals surface area (Å²) in [5.74, 6) is 0.503. The lowest BCUT2D eigenvalue weighted by atomic mass is 9.76. The molecule has 4 nitrogen and oxygen atoms in total. The number of hydrogen-bond donors (Lipinski definition) is 1. The third-order valence-corrected chi connectivity index (χ3v) is 5.26. The van der Waals surface area contributed by atoms with Crippen LogP contribution in [0.1, 0.15) is 35.1 Å². The van der Waals surface area contributed by atoms with Crippen LogP contribution in [0.3, 0.4) is 0 Å². The molecule has 2 aliphatic rings. The Kier molecular flexibility index (Phi) is 3.57. The van der Waals surface area contributed by atoms with E-state index >= 15 is 0 Å². The molecule has 0 saturated heterocycles. The van der Waals surface area contributed by atoms with Crippen molar-refractivity contribution in [1.82, 2.24) is 0 Å². The minimum Gasteiger partial charge on any atom is -0.372 e. The van der Waals surface area contributed by atoms with Crippen LogP contribution >= 0.6 is 11.6 Å². The lowest BCUT2D eigenvalue weighted by molar-refractivity contribution is -0.384. The van der Waals surface area contributed by atoms with Crippen molar-refractivity contribution < 1.29 is 4.92 Å². The van der Waals surface area contributed by atoms with E-state index in [0.717, 1.165) is 17.5 Å². The molecule has 1 heterocycles. The van der Waals surface area contributed by atoms with Gasteiger partial charge in [0, 0.05) is 17.0 Å². The van der Waals surface area contributed by atoms with E-state index in [4.69, 9.17) is 11.6 Å². The van der Waals surface area contributed by atoms with Gasteiger partial charge in [-0.1, -0.05) is 53.6 Å². The Bertz CT molecular complexity index is 845. The van der Waals surface area contributed by atoms with Crippen molar-refractivity contribution in [1.29, 1.82) is 0 Å². The van der Waals surface area contributed by atoms with Gasteiger partial charge in [0.25, 0.3) is 5.69 Å². The summed E-state index contributed by atoms with van der Waals surface area (Å²) in [5, 5.41) is 15.3. The van der Waals surface area contributed by atoms with Crippen molar-refractivity contribution in [2.45, 2.75) is 25.3 Å². The highest BCUT2D eigenvalue weighted by molar-refractivity contribution is 6.31. The van der Waals surface area contributed by atoms with Crippen LogP contribution in [0.4, 0.5) is 11.4 Å². The molecule has 0 spiro atoms. The van der Waals surface area contributed by atoms with Gasteiger partial charge >= 0.3 is 0 Å². The van der Waals surface area contributed by atoms with E-state index < -0.39 is 0 Å². The van der Waals surface area contributed by atoms with Gasteiger partial charge in [-0.2, -0.15) is 0 Å². The molecule has 0 amide bonds. The quantitative estimate of drug-likeness (QED) is 0.453. The number of fused-ring (bicyclic) bond motifs is 3. The first kappa shape index (κ1) is 15.2. The number of aryl methyl sites for hydroxylation is 1. The molecule has 4 rings (SSSR count). The van der Waals surface area contributed by atoms with Crippen molar-refractivity contribution in [3.05, 3.63) is 80.4 Å². The zero-order valence-electron chi connectivity index (χ0n) is 13.2. The average Bonchev–Trinajstić information content (AvgIpc) is 3.04. The fourth-order valence-electron chi connectivity index (χ4n) is 3.89. The van der Waals surface area contributed by atoms with E-state index in [9.17, 15) is 10.1 Å². The van der Waals surface area contributed by atoms with Crippen LogP contribution in [0.5, 0.6) is 0 Å². The average molecular weight is 341 g/mol. The number of nitro benzene ring substituents is 1. The summed E-state index contributed by atoms with van der Waals surface area (Å²) >= 11 is 6.13. The Morgan fingerprint density at radius 3 is 2.71 bits per heavy atom. The smallest absolute Gasteiger partial charge is 0.294 e. The molecule has 0 radical (unpaired) electrons. The summed E-state index contributed by atoms with van der Waals surface area (Å²) < 4.78 is 0. The molecule has 0 saturated carbocycles. The topological polar surface area (TPSA) is 55.2 Å². The monoisotopic (exact) mass is 340 g/mol. The van der Waals surface area contributed by atoms with E-state index in [1.54, 1.807) is 0 Å². The van der Waals surface area contributed by atoms with E-state index in [0.29, 0.717) is 16.6 Å². The molecule has 3 atom stereocenters. The predicted molar refractivity (Wildman–Crippen MR) is 95.6 cm³/mol. The van der Waals surface area contributed by atoms with Gasteiger partial charge in [0.2, 0.25) is 0 Å². The van der Waals surface area contributed by atoms with Gasteiger partial charge in [-0.25, -0.2) is 0 Å². The Morgan fingerprint density at radius 2 is 2.00 bits per heavy atom. The number of nitro groups is 1. The number of benzene rings is 2. The highest BCUT2D eigenvalue weighted by atomic mass is 35.5. The second-order valence-corrected chi connectivity index (χ2v) is 6.97. The second kappa shape index (κ2) is 5.64. The normalized spacial score (nSPS) is 24.2. The zero-order chi connectivity index (χ0) is 16.8. The maximum absolute atomic E-state index is 11.5. The minimum atomic E-state index is -0.358. The number of allylic oxidation sites excluding steroid dienone is 2. The van der Waals surface area contributed by atoms with E-state index in [2.05, 4.69) is 48.7 Å². The fraction of sp³-hybridized carbons (Fsp3) is 0.263. The van der Waals surface area contributed by atoms with E-state index in [1.165, 1.54) is 11.6 Å². The Labute approximate surface area is 145 Å². The molecule has 1 N–H and O–H groups in total. The fourth-order valence-corrected chi connectivity index (χ4v) is 4.11. The molecule has 0 fully saturated rings. The number of rotatable bonds is 2. The third kappa shape index (κ3) is 2.38. The Hall–Kier alpha value is -2.33. The van der Waals surface area contributed by atoms with Crippen molar-refractivity contribution in [3.63, 3.8) is 0 Å². The molecule has 5 heteroatoms. The van der Waals surface area contributed by atoms with Crippen molar-refractivity contribution in [3.8, 4) is 0 Å². The third-order valence-electron chi connectivity index (χ3n) is 5.05. The van der Waals surface area contributed by atoms with Crippen LogP contribution in [0.25, 0.3) is 0 Å². The van der Waals surface area contributed by atoms with Crippen molar-refractivity contribution in [2.75, 3.05) is 5.32 Å². The summed E-state index contributed by atoms with van der Waals surface area (Å²) in [7, 11) is 0. The van der Waals surface area contributed by atoms with E-state index in [1.807, 2.05) is 6.07 Å². The zero-order valence-corrected chi connectivity index (χ0v) is 14.0. The van der Waals surface area contributed by atoms with Crippen LogP contribution in [-0.4, -0.2) is 4.92 Å². The van der Waals surface area contributed by atoms with Gasteiger partial charge in [0.05, 0.1) is 11.0 Å². The Morgan fingerprint density at radius 1 is 1.25 bits per heavy atom. The number of hydrogen-bond acceptors (Lipinski definition) is 3. The highest BCUT2D eigenvalue weighted by Gasteiger charge is 2.40. The predicted octanol–water partition coefficient (Wildman–Crippen LogP) is 5.38. The first-order valence-electron chi connectivity index (χ1n) is 8.02. The molecule has 2 aromatic rings. The molecule has 122 valence electrons. The molecule has 2 aromatic carbocycles. The van der Waals surface area contributed by atoms with Crippen LogP contribution in [0.2, 0.25) is 5.02 Å². The van der Waals surface area contributed by atoms with Gasteiger partial charge < -0.3 is 5.32 Å². The van der Waals surface area contributed by atoms with Gasteiger partial charge in [0.15, 0.2) is 0 Å². The SMILES string of the molecule is Cc1ccc([C@H]2Nc3c(cc(Cl)cc3[N+](=O)[O-])[C@@H]3C=CC[C@H]23)cc1. The highest BCUT2D eigenvalue weighted by Crippen LogP contribution is 2.52. The molecule has 1 aliphatic carbocycles. The van der Waals surface area contributed by atoms with Crippen LogP contribution < -0.4 is 5.32 Å². The summed E-state index contributed by atoms with van der Waals surface area (Å²) in [6.07, 6.45) is 5.28. The molecule has 0 unspecified atom stereocenters. The summed E-state index contributed by atoms with van der Waals surface area (Å²) in [6.45, 7) is 2.06. The minimum absolute atomic E-state index is 0.0494. The van der Waals surface area contributed by atoms with Crippen LogP contribution in [0, 0.1) is 23.0 Å². The number of halogens is 1. The number of anilines is 1. The van der Waals surface area contributed by atoms with Crippen LogP contribution in [-0.2, 0) is 0 Å². The Balaban J connectivity index is 1.86. The molecule has 1 aliphatic heterocycles. The van der Waals surface area contributed by atoms with Crippen molar-refractivity contribution >= 4 is 23.0 Å². The maximum atomic E-state index is 11.5. The van der Waals surface area contributed by atoms with Gasteiger partial charge in [-0.3, -0.25) is 10.1 Å². The summed E-state index contributed by atoms with van der Waals surface area (Å²) in [5.41, 5.74) is 3.94. The second-order valence-electron chi connectivity index (χ2n) is 6.53. The molecular formula is C19H17ClN2O2. The van der Waals surface area contributed by atoms with Gasteiger partial charge in [-0.05, 0) is 36.5 Å². The summed E-state index contributed by atoms with van der Waals surface area (Å²) in [6, 6.07) is 11.7. The van der Waals surface area contributed by atoms with Crippen molar-refractivity contribution in [2.24, 2.45) is 5.92 Å². The first-order valence-corrected chi connectivity index (χ1v) is 8.40. The first-order chi connectivity index (χ1) is 11.5. The standard InChI is InChI=1S/C19H17ClN2O2/c1-11-5-7-12(8-6-11)18-15-4-2-3-14(15)16-9-13(20)10-17(22(23)24)19(16)21-18/h2-3,5-10,14-15,18,21H,4H2,1H3/t14-,15+,18-/m1/s1. The van der Waals surface area contributed by atoms with E-state index in [-0.39, 0.29) is 22.6 Å². The number of nitrogens with one attached hydrogen (secondary N) is 1. The lowest BCUT2D eigenvalue weighted by Crippen LogP contribution is -2.29. The van der Waals surface area contributed by atoms with Crippen LogP contribution in [0.15, 0.2) is 48.6 Å². The van der Waals surface area contributed by atoms with Gasteiger partial charge in [0.1, 0.15) is 5.69 Å². The largest absolute Gasteiger partial charge is 0.372 e. The maximum Gasteiger partial charge on any atom is 0.294 e. The molecule has 24 heavy (non-hydrogen) atoms. The number of nitrogens with zero attached hydrogens (tertiary/aromatic N) is 1. The molecular weight excluding hydrogens is 324 g/mol.